The summed E-state index contributed by atoms with van der Waals surface area (Å²) in [4.78, 5) is 23.6. The van der Waals surface area contributed by atoms with Gasteiger partial charge in [0.25, 0.3) is 0 Å². The summed E-state index contributed by atoms with van der Waals surface area (Å²) in [7, 11) is 1.23. The Balaban J connectivity index is 2.42. The highest BCUT2D eigenvalue weighted by molar-refractivity contribution is 6.42. The van der Waals surface area contributed by atoms with Crippen LogP contribution in [0.2, 0.25) is 10.0 Å². The Morgan fingerprint density at radius 2 is 2.14 bits per heavy atom. The highest BCUT2D eigenvalue weighted by atomic mass is 35.5. The van der Waals surface area contributed by atoms with Gasteiger partial charge in [-0.2, -0.15) is 5.26 Å². The lowest BCUT2D eigenvalue weighted by atomic mass is 9.66. The number of rotatable bonds is 2. The van der Waals surface area contributed by atoms with E-state index in [0.29, 0.717) is 22.0 Å². The molecule has 2 unspecified atom stereocenters. The molecule has 21 heavy (non-hydrogen) atoms. The maximum Gasteiger partial charge on any atom is 0.316 e. The Hall–Kier alpha value is -1.57. The molecule has 2 atom stereocenters. The quantitative estimate of drug-likeness (QED) is 0.618. The Bertz CT molecular complexity index is 630. The second-order valence-corrected chi connectivity index (χ2v) is 5.88. The van der Waals surface area contributed by atoms with Gasteiger partial charge in [-0.15, -0.1) is 0 Å². The number of carbonyl (C=O) groups excluding carboxylic acids is 2. The molecular formula is C15H13Cl2NO3. The Kier molecular flexibility index (Phi) is 4.55. The van der Waals surface area contributed by atoms with Crippen molar-refractivity contribution in [2.75, 3.05) is 7.11 Å². The van der Waals surface area contributed by atoms with Crippen LogP contribution in [0.1, 0.15) is 24.8 Å². The number of nitriles is 1. The van der Waals surface area contributed by atoms with E-state index in [-0.39, 0.29) is 18.6 Å². The molecule has 1 aliphatic rings. The fourth-order valence-electron chi connectivity index (χ4n) is 2.65. The number of ketones is 1. The molecule has 0 saturated heterocycles. The van der Waals surface area contributed by atoms with Crippen LogP contribution in [0.15, 0.2) is 18.2 Å². The topological polar surface area (TPSA) is 67.2 Å². The van der Waals surface area contributed by atoms with Crippen LogP contribution in [0, 0.1) is 17.2 Å². The summed E-state index contributed by atoms with van der Waals surface area (Å²) in [5, 5.41) is 10.4. The molecule has 1 fully saturated rings. The lowest BCUT2D eigenvalue weighted by molar-refractivity contribution is -0.151. The van der Waals surface area contributed by atoms with Gasteiger partial charge in [-0.25, -0.2) is 0 Å². The first-order valence-electron chi connectivity index (χ1n) is 6.41. The van der Waals surface area contributed by atoms with Crippen molar-refractivity contribution in [3.05, 3.63) is 33.8 Å². The molecule has 0 aliphatic heterocycles. The highest BCUT2D eigenvalue weighted by Crippen LogP contribution is 2.42. The van der Waals surface area contributed by atoms with Gasteiger partial charge in [-0.05, 0) is 30.5 Å². The Morgan fingerprint density at radius 1 is 1.43 bits per heavy atom. The number of esters is 1. The average molecular weight is 326 g/mol. The number of hydrogen-bond donors (Lipinski definition) is 0. The number of methoxy groups -OCH3 is 1. The van der Waals surface area contributed by atoms with Crippen LogP contribution < -0.4 is 0 Å². The largest absolute Gasteiger partial charge is 0.468 e. The number of carbonyl (C=O) groups is 2. The van der Waals surface area contributed by atoms with Crippen molar-refractivity contribution in [3.63, 3.8) is 0 Å². The van der Waals surface area contributed by atoms with Gasteiger partial charge in [0.15, 0.2) is 0 Å². The first kappa shape index (κ1) is 15.8. The van der Waals surface area contributed by atoms with E-state index in [9.17, 15) is 14.9 Å². The zero-order valence-electron chi connectivity index (χ0n) is 11.4. The Labute approximate surface area is 132 Å². The molecule has 0 radical (unpaired) electrons. The standard InChI is InChI=1S/C15H13Cl2NO3/c1-21-14(20)10-7-15(8-18,5-4-13(10)19)9-2-3-11(16)12(17)6-9/h2-3,6,10H,4-5,7H2,1H3. The van der Waals surface area contributed by atoms with E-state index in [1.807, 2.05) is 0 Å². The summed E-state index contributed by atoms with van der Waals surface area (Å²) < 4.78 is 4.66. The van der Waals surface area contributed by atoms with Gasteiger partial charge >= 0.3 is 5.97 Å². The molecular weight excluding hydrogens is 313 g/mol. The van der Waals surface area contributed by atoms with Crippen molar-refractivity contribution in [3.8, 4) is 6.07 Å². The van der Waals surface area contributed by atoms with Crippen molar-refractivity contribution < 1.29 is 14.3 Å². The van der Waals surface area contributed by atoms with Crippen molar-refractivity contribution in [2.24, 2.45) is 5.92 Å². The Morgan fingerprint density at radius 3 is 2.71 bits per heavy atom. The molecule has 0 heterocycles. The van der Waals surface area contributed by atoms with Crippen LogP contribution in [-0.4, -0.2) is 18.9 Å². The van der Waals surface area contributed by atoms with Gasteiger partial charge in [0.1, 0.15) is 11.7 Å². The predicted molar refractivity (Wildman–Crippen MR) is 78.1 cm³/mol. The van der Waals surface area contributed by atoms with Crippen LogP contribution in [0.4, 0.5) is 0 Å². The summed E-state index contributed by atoms with van der Waals surface area (Å²) >= 11 is 11.9. The van der Waals surface area contributed by atoms with Crippen LogP contribution in [0.3, 0.4) is 0 Å². The number of benzene rings is 1. The van der Waals surface area contributed by atoms with Crippen molar-refractivity contribution in [1.29, 1.82) is 5.26 Å². The third kappa shape index (κ3) is 2.90. The van der Waals surface area contributed by atoms with Crippen molar-refractivity contribution in [2.45, 2.75) is 24.7 Å². The molecule has 1 aromatic carbocycles. The number of ether oxygens (including phenoxy) is 1. The molecule has 0 spiro atoms. The predicted octanol–water partition coefficient (Wildman–Crippen LogP) is 3.30. The second kappa shape index (κ2) is 6.05. The van der Waals surface area contributed by atoms with Gasteiger partial charge < -0.3 is 4.74 Å². The van der Waals surface area contributed by atoms with E-state index in [4.69, 9.17) is 23.2 Å². The van der Waals surface area contributed by atoms with Crippen molar-refractivity contribution in [1.82, 2.24) is 0 Å². The normalized spacial score (nSPS) is 25.2. The minimum Gasteiger partial charge on any atom is -0.468 e. The van der Waals surface area contributed by atoms with E-state index >= 15 is 0 Å². The van der Waals surface area contributed by atoms with Gasteiger partial charge in [-0.1, -0.05) is 29.3 Å². The average Bonchev–Trinajstić information content (AvgIpc) is 2.50. The van der Waals surface area contributed by atoms with E-state index in [0.717, 1.165) is 0 Å². The maximum atomic E-state index is 11.9. The fourth-order valence-corrected chi connectivity index (χ4v) is 2.95. The molecule has 1 saturated carbocycles. The zero-order chi connectivity index (χ0) is 15.6. The van der Waals surface area contributed by atoms with Crippen LogP contribution >= 0.6 is 23.2 Å². The summed E-state index contributed by atoms with van der Waals surface area (Å²) in [6.07, 6.45) is 0.619. The fraction of sp³-hybridized carbons (Fsp3) is 0.400. The van der Waals surface area contributed by atoms with E-state index < -0.39 is 17.3 Å². The third-order valence-corrected chi connectivity index (χ3v) is 4.65. The second-order valence-electron chi connectivity index (χ2n) is 5.07. The van der Waals surface area contributed by atoms with Crippen LogP contribution in [0.25, 0.3) is 0 Å². The first-order valence-corrected chi connectivity index (χ1v) is 7.16. The SMILES string of the molecule is COC(=O)C1CC(C#N)(c2ccc(Cl)c(Cl)c2)CCC1=O. The first-order chi connectivity index (χ1) is 9.93. The van der Waals surface area contributed by atoms with Crippen molar-refractivity contribution >= 4 is 35.0 Å². The van der Waals surface area contributed by atoms with E-state index in [1.165, 1.54) is 7.11 Å². The molecule has 110 valence electrons. The zero-order valence-corrected chi connectivity index (χ0v) is 12.9. The molecule has 0 bridgehead atoms. The summed E-state index contributed by atoms with van der Waals surface area (Å²) in [6.45, 7) is 0. The summed E-state index contributed by atoms with van der Waals surface area (Å²) in [5.74, 6) is -1.69. The van der Waals surface area contributed by atoms with Gasteiger partial charge in [-0.3, -0.25) is 9.59 Å². The monoisotopic (exact) mass is 325 g/mol. The molecule has 0 N–H and O–H groups in total. The number of halogens is 2. The minimum atomic E-state index is -0.930. The molecule has 1 aliphatic carbocycles. The van der Waals surface area contributed by atoms with Crippen LogP contribution in [0.5, 0.6) is 0 Å². The van der Waals surface area contributed by atoms with E-state index in [2.05, 4.69) is 10.8 Å². The molecule has 0 aromatic heterocycles. The smallest absolute Gasteiger partial charge is 0.316 e. The third-order valence-electron chi connectivity index (χ3n) is 3.91. The van der Waals surface area contributed by atoms with Gasteiger partial charge in [0.05, 0.1) is 28.6 Å². The number of Topliss-reactive ketones (excluding diaryl/α,β-unsaturated/α-hetero) is 1. The van der Waals surface area contributed by atoms with E-state index in [1.54, 1.807) is 18.2 Å². The summed E-state index contributed by atoms with van der Waals surface area (Å²) in [5.41, 5.74) is -0.262. The van der Waals surface area contributed by atoms with Gasteiger partial charge in [0, 0.05) is 6.42 Å². The molecule has 4 nitrogen and oxygen atoms in total. The number of hydrogen-bond acceptors (Lipinski definition) is 4. The lowest BCUT2D eigenvalue weighted by Crippen LogP contribution is -2.40. The van der Waals surface area contributed by atoms with Gasteiger partial charge in [0.2, 0.25) is 0 Å². The number of nitrogens with zero attached hydrogens (tertiary/aromatic N) is 1. The summed E-state index contributed by atoms with van der Waals surface area (Å²) in [6, 6.07) is 7.19. The minimum absolute atomic E-state index is 0.104. The highest BCUT2D eigenvalue weighted by Gasteiger charge is 2.45. The lowest BCUT2D eigenvalue weighted by Gasteiger charge is -2.34. The maximum absolute atomic E-state index is 11.9. The molecule has 0 amide bonds. The molecule has 1 aromatic rings. The molecule has 6 heteroatoms. The van der Waals surface area contributed by atoms with Crippen LogP contribution in [-0.2, 0) is 19.7 Å². The molecule has 2 rings (SSSR count).